The van der Waals surface area contributed by atoms with Gasteiger partial charge in [0.05, 0.1) is 6.10 Å². The number of fused-ring (bicyclic) bond motifs is 1. The van der Waals surface area contributed by atoms with Gasteiger partial charge >= 0.3 is 5.95 Å². The summed E-state index contributed by atoms with van der Waals surface area (Å²) >= 11 is 0. The fraction of sp³-hybridized carbons (Fsp3) is 0.188. The molecule has 7 heteroatoms. The van der Waals surface area contributed by atoms with Crippen molar-refractivity contribution in [2.75, 3.05) is 12.0 Å². The predicted molar refractivity (Wildman–Crippen MR) is 84.1 cm³/mol. The first-order valence-corrected chi connectivity index (χ1v) is 7.19. The fourth-order valence-corrected chi connectivity index (χ4v) is 2.25. The molecule has 0 aliphatic rings. The van der Waals surface area contributed by atoms with Crippen molar-refractivity contribution >= 4 is 17.0 Å². The SMILES string of the molecule is CC(OCNc1n[n+]([O-])c2ccccc2[n+]1[O-])c1ccccc1. The zero-order valence-electron chi connectivity index (χ0n) is 12.5. The van der Waals surface area contributed by atoms with Crippen LogP contribution in [0, 0.1) is 10.4 Å². The molecule has 0 saturated heterocycles. The van der Waals surface area contributed by atoms with E-state index in [4.69, 9.17) is 4.74 Å². The Bertz CT molecular complexity index is 811. The minimum atomic E-state index is -0.149. The molecule has 1 heterocycles. The summed E-state index contributed by atoms with van der Waals surface area (Å²) in [5, 5.41) is 30.5. The van der Waals surface area contributed by atoms with E-state index in [1.54, 1.807) is 24.3 Å². The highest BCUT2D eigenvalue weighted by molar-refractivity contribution is 5.67. The molecule has 118 valence electrons. The molecule has 0 aliphatic carbocycles. The van der Waals surface area contributed by atoms with Crippen LogP contribution in [0.5, 0.6) is 0 Å². The maximum Gasteiger partial charge on any atom is 0.462 e. The minimum absolute atomic E-state index is 0.0592. The largest absolute Gasteiger partial charge is 0.739 e. The lowest BCUT2D eigenvalue weighted by molar-refractivity contribution is -0.672. The number of nitrogens with one attached hydrogen (secondary N) is 1. The second-order valence-electron chi connectivity index (χ2n) is 5.02. The number of rotatable bonds is 5. The van der Waals surface area contributed by atoms with Crippen LogP contribution in [0.25, 0.3) is 11.0 Å². The van der Waals surface area contributed by atoms with Crippen molar-refractivity contribution in [1.29, 1.82) is 0 Å². The van der Waals surface area contributed by atoms with Crippen LogP contribution in [0.1, 0.15) is 18.6 Å². The maximum absolute atomic E-state index is 12.2. The number of anilines is 1. The first kappa shape index (κ1) is 15.0. The third-order valence-corrected chi connectivity index (χ3v) is 3.52. The molecule has 0 amide bonds. The number of hydrogen-bond acceptors (Lipinski definition) is 5. The van der Waals surface area contributed by atoms with Crippen molar-refractivity contribution in [3.05, 3.63) is 70.6 Å². The molecule has 0 fully saturated rings. The van der Waals surface area contributed by atoms with Crippen LogP contribution in [0.15, 0.2) is 54.6 Å². The van der Waals surface area contributed by atoms with E-state index in [0.717, 1.165) is 5.56 Å². The van der Waals surface area contributed by atoms with Crippen molar-refractivity contribution in [3.8, 4) is 0 Å². The first-order chi connectivity index (χ1) is 11.2. The topological polar surface area (TPSA) is 88.0 Å². The fourth-order valence-electron chi connectivity index (χ4n) is 2.25. The van der Waals surface area contributed by atoms with Crippen molar-refractivity contribution in [3.63, 3.8) is 0 Å². The molecule has 3 aromatic rings. The van der Waals surface area contributed by atoms with Gasteiger partial charge in [-0.25, -0.2) is 10.0 Å². The lowest BCUT2D eigenvalue weighted by Crippen LogP contribution is -2.44. The number of ether oxygens (including phenoxy) is 1. The van der Waals surface area contributed by atoms with E-state index in [1.807, 2.05) is 37.3 Å². The standard InChI is InChI=1S/C16H16N4O3/c1-12(13-7-3-2-4-8-13)23-11-17-16-18-20(22)15-10-6-5-9-14(15)19(16)21/h2-10,12H,11H2,1H3,(H,17,18). The Morgan fingerprint density at radius 2 is 1.70 bits per heavy atom. The Morgan fingerprint density at radius 3 is 2.43 bits per heavy atom. The molecule has 3 rings (SSSR count). The van der Waals surface area contributed by atoms with Crippen molar-refractivity contribution in [2.45, 2.75) is 13.0 Å². The zero-order chi connectivity index (χ0) is 16.2. The molecule has 0 spiro atoms. The number of para-hydroxylation sites is 2. The third-order valence-electron chi connectivity index (χ3n) is 3.52. The van der Waals surface area contributed by atoms with Gasteiger partial charge in [-0.15, -0.1) is 0 Å². The third kappa shape index (κ3) is 3.14. The summed E-state index contributed by atoms with van der Waals surface area (Å²) < 4.78 is 6.21. The highest BCUT2D eigenvalue weighted by atomic mass is 16.5. The van der Waals surface area contributed by atoms with Gasteiger partial charge in [0.25, 0.3) is 5.52 Å². The molecule has 0 radical (unpaired) electrons. The van der Waals surface area contributed by atoms with E-state index in [-0.39, 0.29) is 29.8 Å². The summed E-state index contributed by atoms with van der Waals surface area (Å²) in [6.07, 6.45) is -0.149. The van der Waals surface area contributed by atoms with E-state index < -0.39 is 0 Å². The Labute approximate surface area is 132 Å². The van der Waals surface area contributed by atoms with Crippen LogP contribution in [0.2, 0.25) is 0 Å². The van der Waals surface area contributed by atoms with E-state index in [2.05, 4.69) is 10.4 Å². The Kier molecular flexibility index (Phi) is 4.20. The van der Waals surface area contributed by atoms with E-state index in [1.165, 1.54) is 0 Å². The van der Waals surface area contributed by atoms with Gasteiger partial charge in [-0.1, -0.05) is 42.5 Å². The number of nitrogens with zero attached hydrogens (tertiary/aromatic N) is 3. The zero-order valence-corrected chi connectivity index (χ0v) is 12.5. The van der Waals surface area contributed by atoms with Crippen LogP contribution in [0.4, 0.5) is 5.95 Å². The summed E-state index contributed by atoms with van der Waals surface area (Å²) in [5.74, 6) is -0.0982. The maximum atomic E-state index is 12.2. The quantitative estimate of drug-likeness (QED) is 0.439. The number of aromatic nitrogens is 3. The van der Waals surface area contributed by atoms with Crippen molar-refractivity contribution in [1.82, 2.24) is 5.10 Å². The van der Waals surface area contributed by atoms with Gasteiger partial charge in [-0.05, 0) is 18.6 Å². The lowest BCUT2D eigenvalue weighted by atomic mass is 10.1. The predicted octanol–water partition coefficient (Wildman–Crippen LogP) is 1.65. The number of benzene rings is 2. The molecule has 2 aromatic carbocycles. The van der Waals surface area contributed by atoms with E-state index >= 15 is 0 Å². The van der Waals surface area contributed by atoms with E-state index in [0.29, 0.717) is 9.58 Å². The molecular weight excluding hydrogens is 296 g/mol. The molecule has 1 unspecified atom stereocenters. The molecule has 1 atom stereocenters. The monoisotopic (exact) mass is 312 g/mol. The summed E-state index contributed by atoms with van der Waals surface area (Å²) in [7, 11) is 0. The van der Waals surface area contributed by atoms with Gasteiger partial charge in [-0.3, -0.25) is 0 Å². The second-order valence-corrected chi connectivity index (χ2v) is 5.02. The van der Waals surface area contributed by atoms with Crippen LogP contribution < -0.4 is 14.9 Å². The molecule has 1 aromatic heterocycles. The summed E-state index contributed by atoms with van der Waals surface area (Å²) in [4.78, 5) is 0.423. The summed E-state index contributed by atoms with van der Waals surface area (Å²) in [5.41, 5.74) is 1.48. The molecule has 1 N–H and O–H groups in total. The lowest BCUT2D eigenvalue weighted by Gasteiger charge is -2.13. The van der Waals surface area contributed by atoms with Gasteiger partial charge < -0.3 is 15.2 Å². The van der Waals surface area contributed by atoms with Crippen LogP contribution >= 0.6 is 0 Å². The average molecular weight is 312 g/mol. The van der Waals surface area contributed by atoms with Crippen LogP contribution in [0.3, 0.4) is 0 Å². The molecule has 0 bridgehead atoms. The van der Waals surface area contributed by atoms with Crippen LogP contribution in [-0.2, 0) is 4.74 Å². The highest BCUT2D eigenvalue weighted by Gasteiger charge is 2.19. The van der Waals surface area contributed by atoms with Crippen molar-refractivity contribution < 1.29 is 14.3 Å². The average Bonchev–Trinajstić information content (AvgIpc) is 2.60. The van der Waals surface area contributed by atoms with Crippen molar-refractivity contribution in [2.24, 2.45) is 0 Å². The second kappa shape index (κ2) is 6.45. The Balaban J connectivity index is 1.71. The van der Waals surface area contributed by atoms with Gasteiger partial charge in [0, 0.05) is 10.9 Å². The Morgan fingerprint density at radius 1 is 1.04 bits per heavy atom. The smallest absolute Gasteiger partial charge is 0.462 e. The molecule has 0 saturated carbocycles. The molecule has 23 heavy (non-hydrogen) atoms. The first-order valence-electron chi connectivity index (χ1n) is 7.19. The van der Waals surface area contributed by atoms with Crippen LogP contribution in [-0.4, -0.2) is 11.8 Å². The highest BCUT2D eigenvalue weighted by Crippen LogP contribution is 2.15. The molecule has 0 aliphatic heterocycles. The number of hydrogen-bond donors (Lipinski definition) is 1. The van der Waals surface area contributed by atoms with Gasteiger partial charge in [-0.2, -0.15) is 0 Å². The van der Waals surface area contributed by atoms with Gasteiger partial charge in [0.15, 0.2) is 12.2 Å². The van der Waals surface area contributed by atoms with Gasteiger partial charge in [0.2, 0.25) is 5.10 Å². The van der Waals surface area contributed by atoms with E-state index in [9.17, 15) is 10.4 Å². The Hall–Kier alpha value is -2.93. The molecular formula is C16H16N4O3. The summed E-state index contributed by atoms with van der Waals surface area (Å²) in [6.45, 7) is 1.97. The minimum Gasteiger partial charge on any atom is -0.739 e. The molecule has 7 nitrogen and oxygen atoms in total. The normalized spacial score (nSPS) is 12.2. The van der Waals surface area contributed by atoms with Gasteiger partial charge in [0.1, 0.15) is 0 Å². The summed E-state index contributed by atoms with van der Waals surface area (Å²) in [6, 6.07) is 16.2.